The minimum atomic E-state index is -4.47. The van der Waals surface area contributed by atoms with Gasteiger partial charge in [-0.2, -0.15) is 29.9 Å². The summed E-state index contributed by atoms with van der Waals surface area (Å²) in [6, 6.07) is 1.14. The highest BCUT2D eigenvalue weighted by atomic mass is 32.2. The maximum absolute atomic E-state index is 12.9. The quantitative estimate of drug-likeness (QED) is 0.868. The second-order valence-corrected chi connectivity index (χ2v) is 6.02. The summed E-state index contributed by atoms with van der Waals surface area (Å²) in [6.07, 6.45) is 0.665. The average Bonchev–Trinajstić information content (AvgIpc) is 2.85. The van der Waals surface area contributed by atoms with Gasteiger partial charge in [-0.05, 0) is 26.0 Å². The van der Waals surface area contributed by atoms with Gasteiger partial charge < -0.3 is 10.6 Å². The molecular weight excluding hydrogens is 301 g/mol. The Bertz CT molecular complexity index is 481. The van der Waals surface area contributed by atoms with E-state index in [0.29, 0.717) is 11.8 Å². The Balaban J connectivity index is 2.23. The number of nitrogens with zero attached hydrogens (tertiary/aromatic N) is 2. The van der Waals surface area contributed by atoms with Gasteiger partial charge in [0.25, 0.3) is 0 Å². The van der Waals surface area contributed by atoms with Gasteiger partial charge in [-0.25, -0.2) is 4.98 Å². The third-order valence-corrected chi connectivity index (χ3v) is 4.61. The zero-order valence-corrected chi connectivity index (χ0v) is 12.8. The summed E-state index contributed by atoms with van der Waals surface area (Å²) < 4.78 is 38.7. The van der Waals surface area contributed by atoms with Crippen LogP contribution in [0.1, 0.15) is 31.9 Å². The van der Waals surface area contributed by atoms with Gasteiger partial charge in [0.2, 0.25) is 5.95 Å². The molecule has 1 aromatic heterocycles. The molecule has 1 fully saturated rings. The maximum atomic E-state index is 12.9. The molecular formula is C13H19F3N4S. The smallest absolute Gasteiger partial charge is 0.366 e. The van der Waals surface area contributed by atoms with E-state index in [1.165, 1.54) is 0 Å². The zero-order valence-electron chi connectivity index (χ0n) is 12.0. The fraction of sp³-hybridized carbons (Fsp3) is 0.692. The number of nitrogens with one attached hydrogen (secondary N) is 2. The highest BCUT2D eigenvalue weighted by Crippen LogP contribution is 2.33. The number of anilines is 2. The SMILES string of the molecule is CCNc1nc(NC2CCCC2SC)cc(C(F)(F)F)n1. The van der Waals surface area contributed by atoms with Crippen LogP contribution in [-0.2, 0) is 6.18 Å². The lowest BCUT2D eigenvalue weighted by Crippen LogP contribution is -2.27. The molecule has 1 aromatic rings. The number of halogens is 3. The second-order valence-electron chi connectivity index (χ2n) is 4.95. The first-order valence-electron chi connectivity index (χ1n) is 6.93. The molecule has 21 heavy (non-hydrogen) atoms. The van der Waals surface area contributed by atoms with Gasteiger partial charge in [0.15, 0.2) is 5.69 Å². The maximum Gasteiger partial charge on any atom is 0.433 e. The molecule has 8 heteroatoms. The van der Waals surface area contributed by atoms with Crippen molar-refractivity contribution in [3.63, 3.8) is 0 Å². The van der Waals surface area contributed by atoms with Crippen LogP contribution in [-0.4, -0.2) is 34.1 Å². The topological polar surface area (TPSA) is 49.8 Å². The fourth-order valence-corrected chi connectivity index (χ4v) is 3.40. The molecule has 1 aliphatic rings. The van der Waals surface area contributed by atoms with Gasteiger partial charge in [-0.3, -0.25) is 0 Å². The van der Waals surface area contributed by atoms with Crippen molar-refractivity contribution in [2.75, 3.05) is 23.4 Å². The van der Waals surface area contributed by atoms with E-state index in [1.54, 1.807) is 18.7 Å². The Morgan fingerprint density at radius 2 is 2.10 bits per heavy atom. The minimum Gasteiger partial charge on any atom is -0.366 e. The third-order valence-electron chi connectivity index (χ3n) is 3.44. The van der Waals surface area contributed by atoms with Gasteiger partial charge in [0.1, 0.15) is 5.82 Å². The lowest BCUT2D eigenvalue weighted by Gasteiger charge is -2.20. The Morgan fingerprint density at radius 3 is 2.71 bits per heavy atom. The van der Waals surface area contributed by atoms with E-state index in [9.17, 15) is 13.2 Å². The summed E-state index contributed by atoms with van der Waals surface area (Å²) in [5.41, 5.74) is -0.922. The van der Waals surface area contributed by atoms with Crippen LogP contribution in [0.5, 0.6) is 0 Å². The average molecular weight is 320 g/mol. The van der Waals surface area contributed by atoms with Crippen LogP contribution in [0.2, 0.25) is 0 Å². The van der Waals surface area contributed by atoms with Crippen molar-refractivity contribution in [2.45, 2.75) is 43.7 Å². The normalized spacial score (nSPS) is 22.3. The van der Waals surface area contributed by atoms with Crippen LogP contribution in [0.3, 0.4) is 0 Å². The molecule has 1 aliphatic carbocycles. The zero-order chi connectivity index (χ0) is 15.5. The number of rotatable bonds is 5. The summed E-state index contributed by atoms with van der Waals surface area (Å²) >= 11 is 1.74. The lowest BCUT2D eigenvalue weighted by atomic mass is 10.2. The van der Waals surface area contributed by atoms with Crippen molar-refractivity contribution in [3.05, 3.63) is 11.8 Å². The highest BCUT2D eigenvalue weighted by Gasteiger charge is 2.34. The van der Waals surface area contributed by atoms with Crippen molar-refractivity contribution in [3.8, 4) is 0 Å². The van der Waals surface area contributed by atoms with Crippen molar-refractivity contribution >= 4 is 23.5 Å². The summed E-state index contributed by atoms with van der Waals surface area (Å²) in [5, 5.41) is 6.30. The standard InChI is InChI=1S/C13H19F3N4S/c1-3-17-12-19-10(13(14,15)16)7-11(20-12)18-8-5-4-6-9(8)21-2/h7-9H,3-6H2,1-2H3,(H2,17,18,19,20). The molecule has 2 atom stereocenters. The third kappa shape index (κ3) is 4.15. The molecule has 0 aliphatic heterocycles. The van der Waals surface area contributed by atoms with Gasteiger partial charge in [0.05, 0.1) is 0 Å². The number of hydrogen-bond acceptors (Lipinski definition) is 5. The fourth-order valence-electron chi connectivity index (χ4n) is 2.47. The first kappa shape index (κ1) is 16.2. The van der Waals surface area contributed by atoms with E-state index < -0.39 is 11.9 Å². The largest absolute Gasteiger partial charge is 0.433 e. The van der Waals surface area contributed by atoms with Gasteiger partial charge in [0, 0.05) is 23.9 Å². The first-order valence-corrected chi connectivity index (χ1v) is 8.22. The number of thioether (sulfide) groups is 1. The number of alkyl halides is 3. The van der Waals surface area contributed by atoms with Crippen molar-refractivity contribution in [1.29, 1.82) is 0 Å². The van der Waals surface area contributed by atoms with E-state index in [0.717, 1.165) is 25.3 Å². The second kappa shape index (κ2) is 6.72. The summed E-state index contributed by atoms with van der Waals surface area (Å²) in [4.78, 5) is 7.64. The van der Waals surface area contributed by atoms with Crippen LogP contribution >= 0.6 is 11.8 Å². The molecule has 0 amide bonds. The summed E-state index contributed by atoms with van der Waals surface area (Å²) in [7, 11) is 0. The molecule has 2 unspecified atom stereocenters. The van der Waals surface area contributed by atoms with Crippen molar-refractivity contribution in [1.82, 2.24) is 9.97 Å². The molecule has 0 aromatic carbocycles. The van der Waals surface area contributed by atoms with E-state index in [4.69, 9.17) is 0 Å². The predicted octanol–water partition coefficient (Wildman–Crippen LogP) is 3.62. The predicted molar refractivity (Wildman–Crippen MR) is 79.8 cm³/mol. The molecule has 118 valence electrons. The van der Waals surface area contributed by atoms with Gasteiger partial charge in [-0.1, -0.05) is 6.42 Å². The lowest BCUT2D eigenvalue weighted by molar-refractivity contribution is -0.141. The van der Waals surface area contributed by atoms with Crippen LogP contribution in [0.25, 0.3) is 0 Å². The number of aromatic nitrogens is 2. The Hall–Kier alpha value is -1.18. The molecule has 2 rings (SSSR count). The molecule has 1 heterocycles. The molecule has 0 bridgehead atoms. The van der Waals surface area contributed by atoms with Crippen molar-refractivity contribution < 1.29 is 13.2 Å². The first-order chi connectivity index (χ1) is 9.94. The molecule has 2 N–H and O–H groups in total. The summed E-state index contributed by atoms with van der Waals surface area (Å²) in [5.74, 6) is 0.243. The van der Waals surface area contributed by atoms with Crippen LogP contribution in [0.4, 0.5) is 24.9 Å². The van der Waals surface area contributed by atoms with Crippen LogP contribution < -0.4 is 10.6 Å². The molecule has 0 saturated heterocycles. The van der Waals surface area contributed by atoms with E-state index in [-0.39, 0.29) is 17.8 Å². The van der Waals surface area contributed by atoms with Crippen LogP contribution in [0, 0.1) is 0 Å². The Kier molecular flexibility index (Phi) is 5.18. The van der Waals surface area contributed by atoms with Crippen molar-refractivity contribution in [2.24, 2.45) is 0 Å². The van der Waals surface area contributed by atoms with Gasteiger partial charge >= 0.3 is 6.18 Å². The van der Waals surface area contributed by atoms with E-state index >= 15 is 0 Å². The van der Waals surface area contributed by atoms with E-state index in [2.05, 4.69) is 20.6 Å². The Labute approximate surface area is 126 Å². The molecule has 1 saturated carbocycles. The van der Waals surface area contributed by atoms with Gasteiger partial charge in [-0.15, -0.1) is 0 Å². The van der Waals surface area contributed by atoms with Crippen LogP contribution in [0.15, 0.2) is 6.07 Å². The number of hydrogen-bond donors (Lipinski definition) is 2. The molecule has 0 spiro atoms. The minimum absolute atomic E-state index is 0.00789. The summed E-state index contributed by atoms with van der Waals surface area (Å²) in [6.45, 7) is 2.26. The highest BCUT2D eigenvalue weighted by molar-refractivity contribution is 7.99. The monoisotopic (exact) mass is 320 g/mol. The van der Waals surface area contributed by atoms with E-state index in [1.807, 2.05) is 6.26 Å². The Morgan fingerprint density at radius 1 is 1.33 bits per heavy atom. The molecule has 4 nitrogen and oxygen atoms in total. The molecule has 0 radical (unpaired) electrons.